The van der Waals surface area contributed by atoms with Crippen LogP contribution < -0.4 is 9.47 Å². The third-order valence-corrected chi connectivity index (χ3v) is 7.17. The first-order valence-electron chi connectivity index (χ1n) is 9.55. The molecule has 0 fully saturated rings. The van der Waals surface area contributed by atoms with Gasteiger partial charge in [0.05, 0.1) is 12.3 Å². The van der Waals surface area contributed by atoms with Gasteiger partial charge in [0, 0.05) is 39.5 Å². The predicted octanol–water partition coefficient (Wildman–Crippen LogP) is 3.56. The summed E-state index contributed by atoms with van der Waals surface area (Å²) in [6, 6.07) is 6.37. The van der Waals surface area contributed by atoms with Crippen LogP contribution in [0.25, 0.3) is 6.08 Å². The van der Waals surface area contributed by atoms with Crippen molar-refractivity contribution in [3.63, 3.8) is 0 Å². The van der Waals surface area contributed by atoms with Crippen molar-refractivity contribution in [1.29, 1.82) is 0 Å². The summed E-state index contributed by atoms with van der Waals surface area (Å²) in [7, 11) is 2.29. The van der Waals surface area contributed by atoms with E-state index in [0.717, 1.165) is 29.2 Å². The van der Waals surface area contributed by atoms with E-state index in [-0.39, 0.29) is 6.10 Å². The summed E-state index contributed by atoms with van der Waals surface area (Å²) >= 11 is 0. The van der Waals surface area contributed by atoms with Crippen LogP contribution in [0.4, 0.5) is 0 Å². The van der Waals surface area contributed by atoms with E-state index >= 15 is 0 Å². The summed E-state index contributed by atoms with van der Waals surface area (Å²) < 4.78 is 29.7. The Bertz CT molecular complexity index is 769. The van der Waals surface area contributed by atoms with Crippen molar-refractivity contribution in [2.75, 3.05) is 21.3 Å². The van der Waals surface area contributed by atoms with E-state index in [1.165, 1.54) is 0 Å². The highest BCUT2D eigenvalue weighted by molar-refractivity contribution is 6.60. The number of ether oxygens (including phenoxy) is 2. The molecule has 0 unspecified atom stereocenters. The van der Waals surface area contributed by atoms with Gasteiger partial charge in [0.15, 0.2) is 0 Å². The predicted molar refractivity (Wildman–Crippen MR) is 113 cm³/mol. The van der Waals surface area contributed by atoms with E-state index < -0.39 is 8.80 Å². The standard InChI is InChI=1S/C20H31N3O5Si/c1-7-17-13-19(9-10-20(17)28-16(2)3)27-15-18-14-23(22-21-18)11-8-12-29(24-4,25-5)26-6/h7,9-10,13-14,16H,1,8,11-12,15H2,2-6H3. The summed E-state index contributed by atoms with van der Waals surface area (Å²) in [5, 5.41) is 8.32. The first kappa shape index (κ1) is 23.1. The molecule has 0 saturated heterocycles. The normalized spacial score (nSPS) is 11.7. The Labute approximate surface area is 173 Å². The van der Waals surface area contributed by atoms with Crippen molar-refractivity contribution in [1.82, 2.24) is 15.0 Å². The zero-order valence-corrected chi connectivity index (χ0v) is 18.9. The van der Waals surface area contributed by atoms with Crippen LogP contribution in [0.15, 0.2) is 31.0 Å². The Morgan fingerprint density at radius 2 is 1.90 bits per heavy atom. The van der Waals surface area contributed by atoms with Gasteiger partial charge in [0.1, 0.15) is 23.8 Å². The number of aromatic nitrogens is 3. The fourth-order valence-corrected chi connectivity index (χ4v) is 4.53. The van der Waals surface area contributed by atoms with Gasteiger partial charge in [-0.25, -0.2) is 0 Å². The topological polar surface area (TPSA) is 76.9 Å². The molecule has 0 bridgehead atoms. The van der Waals surface area contributed by atoms with E-state index in [2.05, 4.69) is 16.9 Å². The molecule has 0 amide bonds. The zero-order valence-electron chi connectivity index (χ0n) is 17.9. The Morgan fingerprint density at radius 3 is 2.52 bits per heavy atom. The summed E-state index contributed by atoms with van der Waals surface area (Å²) in [4.78, 5) is 0. The van der Waals surface area contributed by atoms with Crippen LogP contribution in [0.3, 0.4) is 0 Å². The molecular formula is C20H31N3O5Si. The molecule has 2 rings (SSSR count). The molecule has 0 saturated carbocycles. The second-order valence-electron chi connectivity index (χ2n) is 6.73. The van der Waals surface area contributed by atoms with Gasteiger partial charge >= 0.3 is 8.80 Å². The Morgan fingerprint density at radius 1 is 1.17 bits per heavy atom. The van der Waals surface area contributed by atoms with Gasteiger partial charge in [-0.2, -0.15) is 0 Å². The molecule has 1 aromatic heterocycles. The number of rotatable bonds is 13. The first-order chi connectivity index (χ1) is 13.9. The van der Waals surface area contributed by atoms with E-state index in [4.69, 9.17) is 22.8 Å². The highest BCUT2D eigenvalue weighted by Gasteiger charge is 2.36. The second kappa shape index (κ2) is 11.1. The fourth-order valence-electron chi connectivity index (χ4n) is 2.82. The minimum atomic E-state index is -2.55. The first-order valence-corrected chi connectivity index (χ1v) is 11.5. The molecule has 0 aliphatic heterocycles. The molecule has 0 spiro atoms. The third kappa shape index (κ3) is 6.67. The van der Waals surface area contributed by atoms with Crippen LogP contribution in [0, 0.1) is 0 Å². The summed E-state index contributed by atoms with van der Waals surface area (Å²) in [6.45, 7) is 8.84. The van der Waals surface area contributed by atoms with Crippen molar-refractivity contribution in [2.24, 2.45) is 0 Å². The summed E-state index contributed by atoms with van der Waals surface area (Å²) in [5.74, 6) is 1.51. The van der Waals surface area contributed by atoms with Crippen LogP contribution in [-0.4, -0.2) is 51.2 Å². The second-order valence-corrected chi connectivity index (χ2v) is 9.82. The van der Waals surface area contributed by atoms with Crippen molar-refractivity contribution in [2.45, 2.75) is 45.6 Å². The van der Waals surface area contributed by atoms with E-state index in [1.54, 1.807) is 32.1 Å². The van der Waals surface area contributed by atoms with Gasteiger partial charge in [0.25, 0.3) is 0 Å². The smallest absolute Gasteiger partial charge is 0.490 e. The maximum atomic E-state index is 5.85. The number of aryl methyl sites for hydroxylation is 1. The van der Waals surface area contributed by atoms with Gasteiger partial charge in [0.2, 0.25) is 0 Å². The maximum absolute atomic E-state index is 5.85. The van der Waals surface area contributed by atoms with Gasteiger partial charge in [-0.05, 0) is 38.5 Å². The Balaban J connectivity index is 1.88. The van der Waals surface area contributed by atoms with Gasteiger partial charge < -0.3 is 22.8 Å². The molecule has 2 aromatic rings. The molecular weight excluding hydrogens is 390 g/mol. The fraction of sp³-hybridized carbons (Fsp3) is 0.500. The van der Waals surface area contributed by atoms with Crippen molar-refractivity contribution in [3.05, 3.63) is 42.2 Å². The molecule has 0 atom stereocenters. The average molecular weight is 422 g/mol. The van der Waals surface area contributed by atoms with Crippen molar-refractivity contribution < 1.29 is 22.8 Å². The maximum Gasteiger partial charge on any atom is 0.500 e. The Hall–Kier alpha value is -2.20. The third-order valence-electron chi connectivity index (χ3n) is 4.34. The number of benzene rings is 1. The van der Waals surface area contributed by atoms with Crippen LogP contribution >= 0.6 is 0 Å². The summed E-state index contributed by atoms with van der Waals surface area (Å²) in [6.07, 6.45) is 4.54. The molecule has 1 heterocycles. The van der Waals surface area contributed by atoms with E-state index in [1.807, 2.05) is 38.2 Å². The van der Waals surface area contributed by atoms with Crippen LogP contribution in [0.1, 0.15) is 31.5 Å². The molecule has 0 N–H and O–H groups in total. The van der Waals surface area contributed by atoms with Crippen LogP contribution in [0.2, 0.25) is 6.04 Å². The SMILES string of the molecule is C=Cc1cc(OCc2cn(CCC[Si](OC)(OC)OC)nn2)ccc1OC(C)C. The molecule has 0 aliphatic rings. The lowest BCUT2D eigenvalue weighted by atomic mass is 10.2. The minimum absolute atomic E-state index is 0.0972. The summed E-state index contributed by atoms with van der Waals surface area (Å²) in [5.41, 5.74) is 1.64. The molecule has 0 aliphatic carbocycles. The van der Waals surface area contributed by atoms with Gasteiger partial charge in [-0.3, -0.25) is 4.68 Å². The minimum Gasteiger partial charge on any atom is -0.490 e. The Kier molecular flexibility index (Phi) is 8.84. The number of hydrogen-bond donors (Lipinski definition) is 0. The zero-order chi connectivity index (χ0) is 21.3. The number of nitrogens with zero attached hydrogens (tertiary/aromatic N) is 3. The molecule has 160 valence electrons. The lowest BCUT2D eigenvalue weighted by Crippen LogP contribution is -2.42. The van der Waals surface area contributed by atoms with E-state index in [0.29, 0.717) is 19.2 Å². The van der Waals surface area contributed by atoms with Gasteiger partial charge in [-0.15, -0.1) is 5.10 Å². The molecule has 29 heavy (non-hydrogen) atoms. The lowest BCUT2D eigenvalue weighted by Gasteiger charge is -2.24. The molecule has 9 heteroatoms. The van der Waals surface area contributed by atoms with Gasteiger partial charge in [-0.1, -0.05) is 17.9 Å². The lowest BCUT2D eigenvalue weighted by molar-refractivity contribution is 0.122. The molecule has 8 nitrogen and oxygen atoms in total. The quantitative estimate of drug-likeness (QED) is 0.458. The van der Waals surface area contributed by atoms with Crippen LogP contribution in [0.5, 0.6) is 11.5 Å². The highest BCUT2D eigenvalue weighted by atomic mass is 28.4. The monoisotopic (exact) mass is 421 g/mol. The largest absolute Gasteiger partial charge is 0.500 e. The van der Waals surface area contributed by atoms with E-state index in [9.17, 15) is 0 Å². The molecule has 1 aromatic carbocycles. The van der Waals surface area contributed by atoms with Crippen molar-refractivity contribution in [3.8, 4) is 11.5 Å². The number of hydrogen-bond acceptors (Lipinski definition) is 7. The van der Waals surface area contributed by atoms with Crippen molar-refractivity contribution >= 4 is 14.9 Å². The van der Waals surface area contributed by atoms with Crippen LogP contribution in [-0.2, 0) is 26.4 Å². The molecule has 0 radical (unpaired) electrons. The average Bonchev–Trinajstić information content (AvgIpc) is 3.18. The highest BCUT2D eigenvalue weighted by Crippen LogP contribution is 2.26.